The Morgan fingerprint density at radius 3 is 2.41 bits per heavy atom. The van der Waals surface area contributed by atoms with E-state index in [-0.39, 0.29) is 6.10 Å². The van der Waals surface area contributed by atoms with Gasteiger partial charge in [-0.2, -0.15) is 4.98 Å². The molecule has 2 aromatic carbocycles. The standard InChI is InChI=1S/C26H35N5O/c1-31(2)25-22-11-7-8-12-23(22)29-26(30-25)28-17-19-13-15-21(16-14-19)27-18-24(32-3)20-9-5-4-6-10-20/h4-12,19,21,24,27H,13-18H2,1-3H3,(H,28,29,30). The Morgan fingerprint density at radius 2 is 1.69 bits per heavy atom. The Bertz CT molecular complexity index is 986. The van der Waals surface area contributed by atoms with Crippen molar-refractivity contribution in [1.82, 2.24) is 15.3 Å². The molecule has 1 fully saturated rings. The SMILES string of the molecule is COC(CNC1CCC(CNc2nc(N(C)C)c3ccccc3n2)CC1)c1ccccc1. The molecule has 1 atom stereocenters. The number of aromatic nitrogens is 2. The van der Waals surface area contributed by atoms with Crippen LogP contribution in [0, 0.1) is 5.92 Å². The lowest BCUT2D eigenvalue weighted by atomic mass is 9.86. The Labute approximate surface area is 191 Å². The zero-order valence-corrected chi connectivity index (χ0v) is 19.4. The van der Waals surface area contributed by atoms with E-state index >= 15 is 0 Å². The molecule has 0 bridgehead atoms. The number of nitrogens with zero attached hydrogens (tertiary/aromatic N) is 3. The summed E-state index contributed by atoms with van der Waals surface area (Å²) in [6.45, 7) is 1.77. The third-order valence-electron chi connectivity index (χ3n) is 6.45. The maximum atomic E-state index is 5.70. The van der Waals surface area contributed by atoms with Crippen LogP contribution in [0.15, 0.2) is 54.6 Å². The van der Waals surface area contributed by atoms with Crippen LogP contribution in [0.2, 0.25) is 0 Å². The lowest BCUT2D eigenvalue weighted by molar-refractivity contribution is 0.0967. The molecule has 1 heterocycles. The van der Waals surface area contributed by atoms with Gasteiger partial charge in [0.25, 0.3) is 0 Å². The lowest BCUT2D eigenvalue weighted by Gasteiger charge is -2.30. The fourth-order valence-electron chi connectivity index (χ4n) is 4.56. The second-order valence-electron chi connectivity index (χ2n) is 8.92. The van der Waals surface area contributed by atoms with Gasteiger partial charge >= 0.3 is 0 Å². The Morgan fingerprint density at radius 1 is 0.969 bits per heavy atom. The molecule has 170 valence electrons. The van der Waals surface area contributed by atoms with Gasteiger partial charge in [-0.25, -0.2) is 4.98 Å². The number of methoxy groups -OCH3 is 1. The molecule has 6 heteroatoms. The van der Waals surface area contributed by atoms with Gasteiger partial charge in [-0.15, -0.1) is 0 Å². The van der Waals surface area contributed by atoms with Gasteiger partial charge in [0.2, 0.25) is 5.95 Å². The molecule has 0 amide bonds. The number of para-hydroxylation sites is 1. The van der Waals surface area contributed by atoms with Gasteiger partial charge in [0.1, 0.15) is 5.82 Å². The fourth-order valence-corrected chi connectivity index (χ4v) is 4.56. The first-order chi connectivity index (χ1) is 15.6. The largest absolute Gasteiger partial charge is 0.375 e. The fraction of sp³-hybridized carbons (Fsp3) is 0.462. The van der Waals surface area contributed by atoms with E-state index < -0.39 is 0 Å². The number of hydrogen-bond donors (Lipinski definition) is 2. The van der Waals surface area contributed by atoms with Crippen LogP contribution in [0.25, 0.3) is 10.9 Å². The summed E-state index contributed by atoms with van der Waals surface area (Å²) in [7, 11) is 5.84. The van der Waals surface area contributed by atoms with E-state index in [1.807, 2.05) is 32.3 Å². The highest BCUT2D eigenvalue weighted by atomic mass is 16.5. The van der Waals surface area contributed by atoms with E-state index in [0.717, 1.165) is 35.8 Å². The van der Waals surface area contributed by atoms with E-state index in [9.17, 15) is 0 Å². The smallest absolute Gasteiger partial charge is 0.225 e. The van der Waals surface area contributed by atoms with E-state index in [4.69, 9.17) is 14.7 Å². The van der Waals surface area contributed by atoms with Crippen molar-refractivity contribution in [2.45, 2.75) is 37.8 Å². The van der Waals surface area contributed by atoms with Crippen LogP contribution in [-0.2, 0) is 4.74 Å². The topological polar surface area (TPSA) is 62.3 Å². The van der Waals surface area contributed by atoms with Crippen molar-refractivity contribution in [3.63, 3.8) is 0 Å². The van der Waals surface area contributed by atoms with Crippen molar-refractivity contribution < 1.29 is 4.74 Å². The average molecular weight is 434 g/mol. The summed E-state index contributed by atoms with van der Waals surface area (Å²) in [5, 5.41) is 8.32. The van der Waals surface area contributed by atoms with Crippen LogP contribution < -0.4 is 15.5 Å². The summed E-state index contributed by atoms with van der Waals surface area (Å²) in [5.41, 5.74) is 2.21. The Hall–Kier alpha value is -2.70. The van der Waals surface area contributed by atoms with Crippen molar-refractivity contribution in [2.75, 3.05) is 44.5 Å². The summed E-state index contributed by atoms with van der Waals surface area (Å²) in [5.74, 6) is 2.33. The van der Waals surface area contributed by atoms with Crippen LogP contribution in [0.4, 0.5) is 11.8 Å². The molecule has 3 aromatic rings. The first-order valence-electron chi connectivity index (χ1n) is 11.6. The molecule has 0 radical (unpaired) electrons. The molecule has 0 aliphatic heterocycles. The van der Waals surface area contributed by atoms with Crippen LogP contribution in [0.1, 0.15) is 37.4 Å². The number of anilines is 2. The molecule has 2 N–H and O–H groups in total. The van der Waals surface area contributed by atoms with Gasteiger partial charge in [-0.05, 0) is 49.3 Å². The summed E-state index contributed by atoms with van der Waals surface area (Å²) in [6.07, 6.45) is 4.91. The highest BCUT2D eigenvalue weighted by Gasteiger charge is 2.22. The number of rotatable bonds is 9. The number of hydrogen-bond acceptors (Lipinski definition) is 6. The molecule has 1 saturated carbocycles. The van der Waals surface area contributed by atoms with Gasteiger partial charge in [0.15, 0.2) is 0 Å². The van der Waals surface area contributed by atoms with E-state index in [1.165, 1.54) is 31.2 Å². The number of nitrogens with one attached hydrogen (secondary N) is 2. The monoisotopic (exact) mass is 433 g/mol. The van der Waals surface area contributed by atoms with Gasteiger partial charge in [-0.3, -0.25) is 0 Å². The van der Waals surface area contributed by atoms with Crippen molar-refractivity contribution in [3.05, 3.63) is 60.2 Å². The van der Waals surface area contributed by atoms with E-state index in [1.54, 1.807) is 7.11 Å². The van der Waals surface area contributed by atoms with E-state index in [0.29, 0.717) is 12.0 Å². The highest BCUT2D eigenvalue weighted by molar-refractivity contribution is 5.90. The second-order valence-corrected chi connectivity index (χ2v) is 8.92. The van der Waals surface area contributed by atoms with Crippen LogP contribution >= 0.6 is 0 Å². The number of fused-ring (bicyclic) bond motifs is 1. The quantitative estimate of drug-likeness (QED) is 0.512. The van der Waals surface area contributed by atoms with Crippen LogP contribution in [0.5, 0.6) is 0 Å². The lowest BCUT2D eigenvalue weighted by Crippen LogP contribution is -2.37. The van der Waals surface area contributed by atoms with Crippen molar-refractivity contribution in [1.29, 1.82) is 0 Å². The molecular weight excluding hydrogens is 398 g/mol. The molecule has 4 rings (SSSR count). The van der Waals surface area contributed by atoms with Crippen LogP contribution in [0.3, 0.4) is 0 Å². The van der Waals surface area contributed by atoms with Crippen molar-refractivity contribution >= 4 is 22.7 Å². The number of benzene rings is 2. The third-order valence-corrected chi connectivity index (χ3v) is 6.45. The first-order valence-corrected chi connectivity index (χ1v) is 11.6. The maximum absolute atomic E-state index is 5.70. The van der Waals surface area contributed by atoms with Gasteiger partial charge in [-0.1, -0.05) is 42.5 Å². The van der Waals surface area contributed by atoms with Gasteiger partial charge in [0, 0.05) is 45.7 Å². The number of ether oxygens (including phenoxy) is 1. The molecule has 1 unspecified atom stereocenters. The van der Waals surface area contributed by atoms with Gasteiger partial charge in [0.05, 0.1) is 11.6 Å². The minimum atomic E-state index is 0.103. The molecule has 0 saturated heterocycles. The summed E-state index contributed by atoms with van der Waals surface area (Å²) >= 11 is 0. The second kappa shape index (κ2) is 10.7. The molecule has 1 aliphatic carbocycles. The Kier molecular flexibility index (Phi) is 7.55. The predicted octanol–water partition coefficient (Wildman–Crippen LogP) is 4.64. The summed E-state index contributed by atoms with van der Waals surface area (Å²) in [4.78, 5) is 11.5. The minimum Gasteiger partial charge on any atom is -0.375 e. The molecular formula is C26H35N5O. The zero-order valence-electron chi connectivity index (χ0n) is 19.4. The minimum absolute atomic E-state index is 0.103. The van der Waals surface area contributed by atoms with Crippen LogP contribution in [-0.4, -0.2) is 50.3 Å². The highest BCUT2D eigenvalue weighted by Crippen LogP contribution is 2.27. The first kappa shape index (κ1) is 22.5. The van der Waals surface area contributed by atoms with Crippen molar-refractivity contribution in [3.8, 4) is 0 Å². The molecule has 6 nitrogen and oxygen atoms in total. The summed E-state index contributed by atoms with van der Waals surface area (Å²) in [6, 6.07) is 19.2. The van der Waals surface area contributed by atoms with E-state index in [2.05, 4.69) is 51.9 Å². The van der Waals surface area contributed by atoms with Gasteiger partial charge < -0.3 is 20.3 Å². The molecule has 0 spiro atoms. The maximum Gasteiger partial charge on any atom is 0.225 e. The predicted molar refractivity (Wildman–Crippen MR) is 132 cm³/mol. The zero-order chi connectivity index (χ0) is 22.3. The van der Waals surface area contributed by atoms with Crippen molar-refractivity contribution in [2.24, 2.45) is 5.92 Å². The third kappa shape index (κ3) is 5.56. The normalized spacial score (nSPS) is 19.6. The Balaban J connectivity index is 1.27. The molecule has 32 heavy (non-hydrogen) atoms. The molecule has 1 aliphatic rings. The molecule has 1 aromatic heterocycles. The summed E-state index contributed by atoms with van der Waals surface area (Å²) < 4.78 is 5.70. The average Bonchev–Trinajstić information content (AvgIpc) is 2.84.